The molecule has 1 saturated heterocycles. The summed E-state index contributed by atoms with van der Waals surface area (Å²) in [5.41, 5.74) is 3.29. The van der Waals surface area contributed by atoms with Gasteiger partial charge in [0, 0.05) is 11.3 Å². The van der Waals surface area contributed by atoms with Crippen LogP contribution in [0.25, 0.3) is 0 Å². The SMILES string of the molecule is CC1(C)CSC(c2cccc(C3CC3)c2)N1. The molecule has 3 rings (SSSR count). The maximum absolute atomic E-state index is 3.70. The molecule has 1 aromatic rings. The van der Waals surface area contributed by atoms with Gasteiger partial charge in [0.2, 0.25) is 0 Å². The minimum absolute atomic E-state index is 0.283. The molecule has 1 atom stereocenters. The lowest BCUT2D eigenvalue weighted by Gasteiger charge is -2.19. The average molecular weight is 233 g/mol. The normalized spacial score (nSPS) is 28.2. The van der Waals surface area contributed by atoms with Crippen molar-refractivity contribution in [1.82, 2.24) is 5.32 Å². The molecule has 1 heterocycles. The van der Waals surface area contributed by atoms with Gasteiger partial charge >= 0.3 is 0 Å². The van der Waals surface area contributed by atoms with E-state index in [-0.39, 0.29) is 5.54 Å². The van der Waals surface area contributed by atoms with Crippen molar-refractivity contribution in [1.29, 1.82) is 0 Å². The highest BCUT2D eigenvalue weighted by molar-refractivity contribution is 7.99. The molecule has 0 radical (unpaired) electrons. The Hall–Kier alpha value is -0.470. The lowest BCUT2D eigenvalue weighted by atomic mass is 10.1. The van der Waals surface area contributed by atoms with E-state index in [4.69, 9.17) is 0 Å². The maximum Gasteiger partial charge on any atom is 0.0794 e. The molecule has 1 nitrogen and oxygen atoms in total. The Morgan fingerprint density at radius 3 is 2.62 bits per heavy atom. The zero-order valence-corrected chi connectivity index (χ0v) is 10.8. The van der Waals surface area contributed by atoms with Crippen molar-refractivity contribution in [3.63, 3.8) is 0 Å². The lowest BCUT2D eigenvalue weighted by Crippen LogP contribution is -2.35. The second-order valence-corrected chi connectivity index (χ2v) is 6.76. The van der Waals surface area contributed by atoms with Gasteiger partial charge in [-0.3, -0.25) is 5.32 Å². The molecule has 0 spiro atoms. The quantitative estimate of drug-likeness (QED) is 0.836. The molecule has 0 aromatic heterocycles. The van der Waals surface area contributed by atoms with Crippen LogP contribution >= 0.6 is 11.8 Å². The van der Waals surface area contributed by atoms with Crippen LogP contribution in [0.2, 0.25) is 0 Å². The van der Waals surface area contributed by atoms with Gasteiger partial charge in [-0.1, -0.05) is 24.3 Å². The van der Waals surface area contributed by atoms with Gasteiger partial charge in [0.1, 0.15) is 0 Å². The molecule has 2 aliphatic rings. The van der Waals surface area contributed by atoms with Crippen LogP contribution in [0.3, 0.4) is 0 Å². The Morgan fingerprint density at radius 1 is 1.25 bits per heavy atom. The van der Waals surface area contributed by atoms with Crippen LogP contribution in [-0.2, 0) is 0 Å². The molecule has 1 aromatic carbocycles. The van der Waals surface area contributed by atoms with Crippen LogP contribution in [-0.4, -0.2) is 11.3 Å². The summed E-state index contributed by atoms with van der Waals surface area (Å²) in [6, 6.07) is 9.17. The summed E-state index contributed by atoms with van der Waals surface area (Å²) in [4.78, 5) is 0. The summed E-state index contributed by atoms with van der Waals surface area (Å²) >= 11 is 2.03. The van der Waals surface area contributed by atoms with E-state index in [0.717, 1.165) is 5.92 Å². The highest BCUT2D eigenvalue weighted by atomic mass is 32.2. The monoisotopic (exact) mass is 233 g/mol. The molecule has 1 saturated carbocycles. The van der Waals surface area contributed by atoms with E-state index >= 15 is 0 Å². The van der Waals surface area contributed by atoms with Crippen molar-refractivity contribution in [2.45, 2.75) is 43.5 Å². The standard InChI is InChI=1S/C14H19NS/c1-14(2)9-16-13(15-14)12-5-3-4-11(8-12)10-6-7-10/h3-5,8,10,13,15H,6-7,9H2,1-2H3. The van der Waals surface area contributed by atoms with Crippen molar-refractivity contribution < 1.29 is 0 Å². The van der Waals surface area contributed by atoms with Gasteiger partial charge in [0.15, 0.2) is 0 Å². The van der Waals surface area contributed by atoms with Gasteiger partial charge in [-0.2, -0.15) is 0 Å². The summed E-state index contributed by atoms with van der Waals surface area (Å²) < 4.78 is 0. The number of thioether (sulfide) groups is 1. The summed E-state index contributed by atoms with van der Waals surface area (Å²) in [6.45, 7) is 4.56. The molecule has 1 aliphatic carbocycles. The Bertz CT molecular complexity index is 395. The van der Waals surface area contributed by atoms with Crippen molar-refractivity contribution >= 4 is 11.8 Å². The molecule has 1 aliphatic heterocycles. The van der Waals surface area contributed by atoms with Crippen molar-refractivity contribution in [2.24, 2.45) is 0 Å². The van der Waals surface area contributed by atoms with E-state index in [1.807, 2.05) is 11.8 Å². The third-order valence-corrected chi connectivity index (χ3v) is 5.01. The van der Waals surface area contributed by atoms with E-state index in [1.165, 1.54) is 24.2 Å². The number of rotatable bonds is 2. The molecular formula is C14H19NS. The number of hydrogen-bond donors (Lipinski definition) is 1. The summed E-state index contributed by atoms with van der Waals surface area (Å²) in [5, 5.41) is 4.19. The van der Waals surface area contributed by atoms with E-state index in [1.54, 1.807) is 5.56 Å². The van der Waals surface area contributed by atoms with E-state index in [9.17, 15) is 0 Å². The Labute approximate surface area is 102 Å². The zero-order valence-electron chi connectivity index (χ0n) is 9.99. The minimum atomic E-state index is 0.283. The average Bonchev–Trinajstić information content (AvgIpc) is 3.04. The molecule has 16 heavy (non-hydrogen) atoms. The maximum atomic E-state index is 3.70. The van der Waals surface area contributed by atoms with Crippen molar-refractivity contribution in [3.05, 3.63) is 35.4 Å². The van der Waals surface area contributed by atoms with Gasteiger partial charge in [-0.25, -0.2) is 0 Å². The lowest BCUT2D eigenvalue weighted by molar-refractivity contribution is 0.452. The van der Waals surface area contributed by atoms with Crippen LogP contribution in [0.15, 0.2) is 24.3 Å². The fourth-order valence-corrected chi connectivity index (χ4v) is 3.71. The molecule has 2 heteroatoms. The van der Waals surface area contributed by atoms with E-state index in [2.05, 4.69) is 43.4 Å². The van der Waals surface area contributed by atoms with Crippen LogP contribution in [0.5, 0.6) is 0 Å². The first kappa shape index (κ1) is 10.7. The molecule has 0 amide bonds. The highest BCUT2D eigenvalue weighted by Gasteiger charge is 2.32. The summed E-state index contributed by atoms with van der Waals surface area (Å²) in [5.74, 6) is 2.06. The second kappa shape index (κ2) is 3.78. The van der Waals surface area contributed by atoms with Gasteiger partial charge in [-0.15, -0.1) is 11.8 Å². The third-order valence-electron chi connectivity index (χ3n) is 3.39. The molecular weight excluding hydrogens is 214 g/mol. The van der Waals surface area contributed by atoms with Crippen molar-refractivity contribution in [3.8, 4) is 0 Å². The Morgan fingerprint density at radius 2 is 2.00 bits per heavy atom. The van der Waals surface area contributed by atoms with Crippen LogP contribution in [0.4, 0.5) is 0 Å². The molecule has 2 fully saturated rings. The molecule has 1 N–H and O–H groups in total. The van der Waals surface area contributed by atoms with Gasteiger partial charge < -0.3 is 0 Å². The zero-order chi connectivity index (χ0) is 11.2. The predicted octanol–water partition coefficient (Wildman–Crippen LogP) is 3.68. The van der Waals surface area contributed by atoms with Crippen molar-refractivity contribution in [2.75, 3.05) is 5.75 Å². The van der Waals surface area contributed by atoms with Crippen LogP contribution in [0, 0.1) is 0 Å². The van der Waals surface area contributed by atoms with E-state index in [0.29, 0.717) is 5.37 Å². The molecule has 1 unspecified atom stereocenters. The first-order valence-corrected chi connectivity index (χ1v) is 7.18. The highest BCUT2D eigenvalue weighted by Crippen LogP contribution is 2.42. The smallest absolute Gasteiger partial charge is 0.0794 e. The number of nitrogens with one attached hydrogen (secondary N) is 1. The Kier molecular flexibility index (Phi) is 2.52. The molecule has 0 bridgehead atoms. The first-order chi connectivity index (χ1) is 7.64. The predicted molar refractivity (Wildman–Crippen MR) is 70.8 cm³/mol. The van der Waals surface area contributed by atoms with Crippen LogP contribution < -0.4 is 5.32 Å². The largest absolute Gasteiger partial charge is 0.296 e. The van der Waals surface area contributed by atoms with E-state index < -0.39 is 0 Å². The fourth-order valence-electron chi connectivity index (χ4n) is 2.30. The third kappa shape index (κ3) is 2.14. The minimum Gasteiger partial charge on any atom is -0.296 e. The summed E-state index contributed by atoms with van der Waals surface area (Å²) in [6.07, 6.45) is 2.78. The number of benzene rings is 1. The Balaban J connectivity index is 1.81. The first-order valence-electron chi connectivity index (χ1n) is 6.13. The fraction of sp³-hybridized carbons (Fsp3) is 0.571. The van der Waals surface area contributed by atoms with Gasteiger partial charge in [0.05, 0.1) is 5.37 Å². The topological polar surface area (TPSA) is 12.0 Å². The van der Waals surface area contributed by atoms with Gasteiger partial charge in [-0.05, 0) is 43.7 Å². The summed E-state index contributed by atoms with van der Waals surface area (Å²) in [7, 11) is 0. The van der Waals surface area contributed by atoms with Crippen LogP contribution in [0.1, 0.15) is 49.1 Å². The second-order valence-electron chi connectivity index (χ2n) is 5.66. The van der Waals surface area contributed by atoms with Gasteiger partial charge in [0.25, 0.3) is 0 Å². The number of hydrogen-bond acceptors (Lipinski definition) is 2. The molecule has 86 valence electrons.